The zero-order valence-electron chi connectivity index (χ0n) is 13.6. The Morgan fingerprint density at radius 3 is 2.52 bits per heavy atom. The number of carbonyl (C=O) groups excluding carboxylic acids is 1. The Balaban J connectivity index is 0.00000400. The average molecular weight is 315 g/mol. The molecule has 0 saturated carbocycles. The van der Waals surface area contributed by atoms with Gasteiger partial charge in [0.2, 0.25) is 5.91 Å². The zero-order chi connectivity index (χ0) is 15.3. The fraction of sp³-hybridized carbons (Fsp3) is 0.562. The van der Waals surface area contributed by atoms with Crippen LogP contribution in [-0.2, 0) is 11.3 Å². The summed E-state index contributed by atoms with van der Waals surface area (Å²) in [5, 5.41) is 0. The first-order valence-corrected chi connectivity index (χ1v) is 6.99. The van der Waals surface area contributed by atoms with Crippen LogP contribution in [0.2, 0.25) is 0 Å². The molecule has 1 unspecified atom stereocenters. The summed E-state index contributed by atoms with van der Waals surface area (Å²) in [7, 11) is 3.45. The molecule has 0 bridgehead atoms. The summed E-state index contributed by atoms with van der Waals surface area (Å²) in [6.07, 6.45) is 1.59. The lowest BCUT2D eigenvalue weighted by atomic mass is 9.95. The van der Waals surface area contributed by atoms with Gasteiger partial charge in [-0.2, -0.15) is 0 Å². The van der Waals surface area contributed by atoms with Crippen molar-refractivity contribution in [1.29, 1.82) is 0 Å². The molecule has 2 N–H and O–H groups in total. The highest BCUT2D eigenvalue weighted by molar-refractivity contribution is 5.85. The van der Waals surface area contributed by atoms with Gasteiger partial charge in [-0.05, 0) is 37.5 Å². The second kappa shape index (κ2) is 8.25. The van der Waals surface area contributed by atoms with Gasteiger partial charge in [0.25, 0.3) is 0 Å². The van der Waals surface area contributed by atoms with E-state index in [0.717, 1.165) is 23.3 Å². The van der Waals surface area contributed by atoms with E-state index in [4.69, 9.17) is 10.5 Å². The topological polar surface area (TPSA) is 55.6 Å². The third-order valence-corrected chi connectivity index (χ3v) is 3.48. The summed E-state index contributed by atoms with van der Waals surface area (Å²) in [4.78, 5) is 14.0. The normalized spacial score (nSPS) is 13.0. The van der Waals surface area contributed by atoms with Gasteiger partial charge in [-0.3, -0.25) is 4.79 Å². The number of nitrogens with zero attached hydrogens (tertiary/aromatic N) is 1. The first-order chi connectivity index (χ1) is 9.31. The minimum absolute atomic E-state index is 0. The van der Waals surface area contributed by atoms with Crippen molar-refractivity contribution in [3.8, 4) is 5.75 Å². The number of carbonyl (C=O) groups is 1. The minimum Gasteiger partial charge on any atom is -0.496 e. The molecule has 21 heavy (non-hydrogen) atoms. The molecule has 1 amide bonds. The zero-order valence-corrected chi connectivity index (χ0v) is 14.4. The summed E-state index contributed by atoms with van der Waals surface area (Å²) in [5.41, 5.74) is 7.44. The third-order valence-electron chi connectivity index (χ3n) is 3.48. The van der Waals surface area contributed by atoms with Crippen molar-refractivity contribution < 1.29 is 9.53 Å². The van der Waals surface area contributed by atoms with Crippen molar-refractivity contribution in [1.82, 2.24) is 4.90 Å². The SMILES string of the molecule is CCCC(C)(N)C(=O)N(C)Cc1ccc(OC)c(C)c1.Cl. The molecule has 0 aliphatic rings. The molecule has 5 heteroatoms. The summed E-state index contributed by atoms with van der Waals surface area (Å²) >= 11 is 0. The highest BCUT2D eigenvalue weighted by atomic mass is 35.5. The van der Waals surface area contributed by atoms with Gasteiger partial charge in [-0.25, -0.2) is 0 Å². The molecule has 1 aromatic rings. The van der Waals surface area contributed by atoms with E-state index in [9.17, 15) is 4.79 Å². The molecule has 0 fully saturated rings. The summed E-state index contributed by atoms with van der Waals surface area (Å²) < 4.78 is 5.24. The molecule has 4 nitrogen and oxygen atoms in total. The molecule has 0 saturated heterocycles. The number of methoxy groups -OCH3 is 1. The molecule has 120 valence electrons. The smallest absolute Gasteiger partial charge is 0.242 e. The maximum absolute atomic E-state index is 12.3. The number of hydrogen-bond donors (Lipinski definition) is 1. The van der Waals surface area contributed by atoms with E-state index >= 15 is 0 Å². The van der Waals surface area contributed by atoms with E-state index in [1.165, 1.54) is 0 Å². The van der Waals surface area contributed by atoms with Gasteiger partial charge in [0.1, 0.15) is 5.75 Å². The van der Waals surface area contributed by atoms with Gasteiger partial charge in [0, 0.05) is 13.6 Å². The second-order valence-corrected chi connectivity index (χ2v) is 5.63. The number of aryl methyl sites for hydroxylation is 1. The van der Waals surface area contributed by atoms with Crippen LogP contribution in [0.4, 0.5) is 0 Å². The lowest BCUT2D eigenvalue weighted by Crippen LogP contribution is -2.51. The van der Waals surface area contributed by atoms with Gasteiger partial charge in [-0.15, -0.1) is 12.4 Å². The van der Waals surface area contributed by atoms with Crippen molar-refractivity contribution in [2.75, 3.05) is 14.2 Å². The Morgan fingerprint density at radius 1 is 1.43 bits per heavy atom. The quantitative estimate of drug-likeness (QED) is 0.878. The predicted molar refractivity (Wildman–Crippen MR) is 89.0 cm³/mol. The Labute approximate surface area is 134 Å². The third kappa shape index (κ3) is 5.21. The van der Waals surface area contributed by atoms with Crippen molar-refractivity contribution in [2.45, 2.75) is 45.7 Å². The summed E-state index contributed by atoms with van der Waals surface area (Å²) in [5.74, 6) is 0.838. The van der Waals surface area contributed by atoms with Gasteiger partial charge < -0.3 is 15.4 Å². The lowest BCUT2D eigenvalue weighted by molar-refractivity contribution is -0.135. The fourth-order valence-electron chi connectivity index (χ4n) is 2.45. The molecule has 0 radical (unpaired) electrons. The first-order valence-electron chi connectivity index (χ1n) is 6.99. The Hall–Kier alpha value is -1.26. The number of nitrogens with two attached hydrogens (primary N) is 1. The van der Waals surface area contributed by atoms with Crippen molar-refractivity contribution in [3.63, 3.8) is 0 Å². The van der Waals surface area contributed by atoms with Crippen LogP contribution in [0.25, 0.3) is 0 Å². The minimum atomic E-state index is -0.787. The molecule has 0 spiro atoms. The number of ether oxygens (including phenoxy) is 1. The number of halogens is 1. The number of amides is 1. The van der Waals surface area contributed by atoms with Crippen molar-refractivity contribution >= 4 is 18.3 Å². The molecular formula is C16H27ClN2O2. The molecule has 0 aliphatic heterocycles. The maximum atomic E-state index is 12.3. The molecule has 0 aromatic heterocycles. The van der Waals surface area contributed by atoms with Crippen molar-refractivity contribution in [2.24, 2.45) is 5.73 Å². The van der Waals surface area contributed by atoms with Crippen LogP contribution in [0.15, 0.2) is 18.2 Å². The molecule has 1 aromatic carbocycles. The Morgan fingerprint density at radius 2 is 2.05 bits per heavy atom. The molecule has 0 aliphatic carbocycles. The van der Waals surface area contributed by atoms with E-state index in [2.05, 4.69) is 0 Å². The van der Waals surface area contributed by atoms with Gasteiger partial charge in [-0.1, -0.05) is 25.5 Å². The monoisotopic (exact) mass is 314 g/mol. The van der Waals surface area contributed by atoms with Gasteiger partial charge in [0.15, 0.2) is 0 Å². The molecule has 0 heterocycles. The van der Waals surface area contributed by atoms with Gasteiger partial charge >= 0.3 is 0 Å². The predicted octanol–water partition coefficient (Wildman–Crippen LogP) is 2.90. The van der Waals surface area contributed by atoms with E-state index < -0.39 is 5.54 Å². The van der Waals surface area contributed by atoms with Gasteiger partial charge in [0.05, 0.1) is 12.6 Å². The molecular weight excluding hydrogens is 288 g/mol. The highest BCUT2D eigenvalue weighted by Crippen LogP contribution is 2.20. The highest BCUT2D eigenvalue weighted by Gasteiger charge is 2.30. The second-order valence-electron chi connectivity index (χ2n) is 5.63. The number of rotatable bonds is 6. The van der Waals surface area contributed by atoms with Crippen molar-refractivity contribution in [3.05, 3.63) is 29.3 Å². The van der Waals surface area contributed by atoms with Crippen LogP contribution >= 0.6 is 12.4 Å². The number of likely N-dealkylation sites (N-methyl/N-ethyl adjacent to an activating group) is 1. The molecule has 1 rings (SSSR count). The van der Waals surface area contributed by atoms with E-state index in [1.807, 2.05) is 32.0 Å². The van der Waals surface area contributed by atoms with Crippen LogP contribution in [0, 0.1) is 6.92 Å². The van der Waals surface area contributed by atoms with Crippen LogP contribution in [0.3, 0.4) is 0 Å². The average Bonchev–Trinajstić information content (AvgIpc) is 2.38. The number of benzene rings is 1. The molecule has 1 atom stereocenters. The Kier molecular flexibility index (Phi) is 7.75. The number of hydrogen-bond acceptors (Lipinski definition) is 3. The standard InChI is InChI=1S/C16H26N2O2.ClH/c1-6-9-16(3,17)15(19)18(4)11-13-7-8-14(20-5)12(2)10-13;/h7-8,10H,6,9,11,17H2,1-5H3;1H. The van der Waals surface area contributed by atoms with E-state index in [0.29, 0.717) is 13.0 Å². The first kappa shape index (κ1) is 19.7. The van der Waals surface area contributed by atoms with E-state index in [1.54, 1.807) is 26.0 Å². The largest absolute Gasteiger partial charge is 0.496 e. The fourth-order valence-corrected chi connectivity index (χ4v) is 2.45. The van der Waals surface area contributed by atoms with Crippen LogP contribution in [0.1, 0.15) is 37.8 Å². The maximum Gasteiger partial charge on any atom is 0.242 e. The van der Waals surface area contributed by atoms with Crippen LogP contribution < -0.4 is 10.5 Å². The van der Waals surface area contributed by atoms with Crippen LogP contribution in [0.5, 0.6) is 5.75 Å². The summed E-state index contributed by atoms with van der Waals surface area (Å²) in [6, 6.07) is 5.94. The lowest BCUT2D eigenvalue weighted by Gasteiger charge is -2.29. The summed E-state index contributed by atoms with van der Waals surface area (Å²) in [6.45, 7) is 6.38. The van der Waals surface area contributed by atoms with Crippen LogP contribution in [-0.4, -0.2) is 30.5 Å². The van der Waals surface area contributed by atoms with E-state index in [-0.39, 0.29) is 18.3 Å². The Bertz CT molecular complexity index is 475.